The van der Waals surface area contributed by atoms with Gasteiger partial charge in [-0.25, -0.2) is 0 Å². The highest BCUT2D eigenvalue weighted by atomic mass is 35.5. The van der Waals surface area contributed by atoms with Crippen molar-refractivity contribution < 1.29 is 14.9 Å². The second-order valence-electron chi connectivity index (χ2n) is 2.76. The molecule has 0 aromatic heterocycles. The van der Waals surface area contributed by atoms with Crippen LogP contribution in [-0.4, -0.2) is 23.9 Å². The normalized spacial score (nSPS) is 12.6. The molecule has 1 unspecified atom stereocenters. The van der Waals surface area contributed by atoms with Gasteiger partial charge < -0.3 is 20.7 Å². The molecule has 0 heterocycles. The van der Waals surface area contributed by atoms with Gasteiger partial charge in [0, 0.05) is 12.1 Å². The molecule has 0 spiro atoms. The van der Waals surface area contributed by atoms with E-state index in [0.717, 1.165) is 0 Å². The van der Waals surface area contributed by atoms with Crippen LogP contribution in [0.25, 0.3) is 0 Å². The lowest BCUT2D eigenvalue weighted by molar-refractivity contribution is 0.181. The summed E-state index contributed by atoms with van der Waals surface area (Å²) in [4.78, 5) is 0. The highest BCUT2D eigenvalue weighted by Gasteiger charge is 2.18. The maximum absolute atomic E-state index is 9.65. The van der Waals surface area contributed by atoms with Crippen LogP contribution in [0.5, 0.6) is 11.5 Å². The number of aliphatic hydroxyl groups excluding tert-OH is 1. The first kappa shape index (κ1) is 11.1. The number of ether oxygens (including phenoxy) is 1. The SMILES string of the molecule is COc1ccc(Cl)c(C(O)CN)c1O. The number of phenolic OH excluding ortho intramolecular Hbond substituents is 1. The van der Waals surface area contributed by atoms with Crippen molar-refractivity contribution in [2.24, 2.45) is 5.73 Å². The van der Waals surface area contributed by atoms with Gasteiger partial charge >= 0.3 is 0 Å². The molecule has 0 aliphatic heterocycles. The van der Waals surface area contributed by atoms with E-state index in [1.807, 2.05) is 0 Å². The van der Waals surface area contributed by atoms with Crippen molar-refractivity contribution in [1.82, 2.24) is 0 Å². The minimum atomic E-state index is -0.988. The molecule has 0 fully saturated rings. The van der Waals surface area contributed by atoms with Gasteiger partial charge in [-0.2, -0.15) is 0 Å². The van der Waals surface area contributed by atoms with Gasteiger partial charge in [0.15, 0.2) is 11.5 Å². The smallest absolute Gasteiger partial charge is 0.165 e. The Morgan fingerprint density at radius 2 is 2.21 bits per heavy atom. The molecule has 1 aromatic rings. The minimum Gasteiger partial charge on any atom is -0.504 e. The molecule has 1 rings (SSSR count). The number of rotatable bonds is 3. The van der Waals surface area contributed by atoms with Crippen LogP contribution in [0.2, 0.25) is 5.02 Å². The van der Waals surface area contributed by atoms with Crippen molar-refractivity contribution in [3.8, 4) is 11.5 Å². The van der Waals surface area contributed by atoms with Gasteiger partial charge in [0.25, 0.3) is 0 Å². The summed E-state index contributed by atoms with van der Waals surface area (Å²) in [5, 5.41) is 19.4. The van der Waals surface area contributed by atoms with Crippen LogP contribution in [0.3, 0.4) is 0 Å². The molecular weight excluding hydrogens is 206 g/mol. The monoisotopic (exact) mass is 217 g/mol. The molecule has 0 aliphatic rings. The molecule has 0 saturated heterocycles. The van der Waals surface area contributed by atoms with E-state index in [4.69, 9.17) is 22.1 Å². The molecule has 1 aromatic carbocycles. The van der Waals surface area contributed by atoms with E-state index >= 15 is 0 Å². The van der Waals surface area contributed by atoms with Crippen LogP contribution in [0.4, 0.5) is 0 Å². The van der Waals surface area contributed by atoms with E-state index in [2.05, 4.69) is 0 Å². The Kier molecular flexibility index (Phi) is 3.57. The number of hydrogen-bond acceptors (Lipinski definition) is 4. The van der Waals surface area contributed by atoms with Gasteiger partial charge in [-0.3, -0.25) is 0 Å². The number of hydrogen-bond donors (Lipinski definition) is 3. The maximum Gasteiger partial charge on any atom is 0.165 e. The Bertz CT molecular complexity index is 330. The van der Waals surface area contributed by atoms with E-state index in [1.165, 1.54) is 19.2 Å². The number of aromatic hydroxyl groups is 1. The first-order valence-corrected chi connectivity index (χ1v) is 4.43. The number of nitrogens with two attached hydrogens (primary N) is 1. The second-order valence-corrected chi connectivity index (χ2v) is 3.17. The van der Waals surface area contributed by atoms with E-state index in [1.54, 1.807) is 0 Å². The Morgan fingerprint density at radius 3 is 2.71 bits per heavy atom. The van der Waals surface area contributed by atoms with Gasteiger partial charge in [-0.05, 0) is 12.1 Å². The zero-order chi connectivity index (χ0) is 10.7. The summed E-state index contributed by atoms with van der Waals surface area (Å²) in [5.41, 5.74) is 5.48. The summed E-state index contributed by atoms with van der Waals surface area (Å²) in [6, 6.07) is 3.05. The lowest BCUT2D eigenvalue weighted by Crippen LogP contribution is -2.12. The average Bonchev–Trinajstić information content (AvgIpc) is 2.18. The molecule has 14 heavy (non-hydrogen) atoms. The third-order valence-corrected chi connectivity index (χ3v) is 2.23. The summed E-state index contributed by atoms with van der Waals surface area (Å²) in [5.74, 6) is 0.0925. The number of aliphatic hydroxyl groups is 1. The second kappa shape index (κ2) is 4.50. The predicted molar refractivity (Wildman–Crippen MR) is 53.7 cm³/mol. The Labute approximate surface area is 86.9 Å². The van der Waals surface area contributed by atoms with Crippen LogP contribution in [0, 0.1) is 0 Å². The van der Waals surface area contributed by atoms with Crippen molar-refractivity contribution in [3.05, 3.63) is 22.7 Å². The van der Waals surface area contributed by atoms with Crippen LogP contribution < -0.4 is 10.5 Å². The molecule has 1 atom stereocenters. The summed E-state index contributed by atoms with van der Waals surface area (Å²) in [6.07, 6.45) is -0.988. The Hall–Kier alpha value is -0.970. The fourth-order valence-corrected chi connectivity index (χ4v) is 1.44. The van der Waals surface area contributed by atoms with E-state index < -0.39 is 6.10 Å². The first-order chi connectivity index (χ1) is 6.61. The van der Waals surface area contributed by atoms with Gasteiger partial charge in [-0.15, -0.1) is 0 Å². The molecule has 0 amide bonds. The quantitative estimate of drug-likeness (QED) is 0.707. The summed E-state index contributed by atoms with van der Waals surface area (Å²) < 4.78 is 4.87. The lowest BCUT2D eigenvalue weighted by atomic mass is 10.1. The highest BCUT2D eigenvalue weighted by molar-refractivity contribution is 6.31. The molecule has 0 bridgehead atoms. The number of phenols is 1. The van der Waals surface area contributed by atoms with Crippen LogP contribution in [0.15, 0.2) is 12.1 Å². The van der Waals surface area contributed by atoms with Crippen molar-refractivity contribution in [2.75, 3.05) is 13.7 Å². The number of benzene rings is 1. The molecule has 0 saturated carbocycles. The Balaban J connectivity index is 3.25. The van der Waals surface area contributed by atoms with E-state index in [0.29, 0.717) is 0 Å². The van der Waals surface area contributed by atoms with Gasteiger partial charge in [0.05, 0.1) is 18.2 Å². The third-order valence-electron chi connectivity index (χ3n) is 1.90. The summed E-state index contributed by atoms with van der Waals surface area (Å²) in [6.45, 7) is -0.0134. The number of methoxy groups -OCH3 is 1. The van der Waals surface area contributed by atoms with Crippen molar-refractivity contribution >= 4 is 11.6 Å². The Morgan fingerprint density at radius 1 is 1.57 bits per heavy atom. The largest absolute Gasteiger partial charge is 0.504 e. The number of halogens is 1. The topological polar surface area (TPSA) is 75.7 Å². The van der Waals surface area contributed by atoms with Crippen molar-refractivity contribution in [1.29, 1.82) is 0 Å². The zero-order valence-electron chi connectivity index (χ0n) is 7.70. The third kappa shape index (κ3) is 1.92. The molecule has 4 N–H and O–H groups in total. The fourth-order valence-electron chi connectivity index (χ4n) is 1.16. The van der Waals surface area contributed by atoms with Crippen molar-refractivity contribution in [3.63, 3.8) is 0 Å². The van der Waals surface area contributed by atoms with Crippen molar-refractivity contribution in [2.45, 2.75) is 6.10 Å². The van der Waals surface area contributed by atoms with Crippen LogP contribution in [0.1, 0.15) is 11.7 Å². The van der Waals surface area contributed by atoms with Gasteiger partial charge in [0.1, 0.15) is 0 Å². The standard InChI is InChI=1S/C9H12ClNO3/c1-14-7-3-2-5(10)8(9(7)13)6(12)4-11/h2-3,6,12-13H,4,11H2,1H3. The van der Waals surface area contributed by atoms with Gasteiger partial charge in [0.2, 0.25) is 0 Å². The molecule has 5 heteroatoms. The van der Waals surface area contributed by atoms with E-state index in [9.17, 15) is 10.2 Å². The van der Waals surface area contributed by atoms with Crippen LogP contribution in [-0.2, 0) is 0 Å². The molecule has 0 radical (unpaired) electrons. The fraction of sp³-hybridized carbons (Fsp3) is 0.333. The predicted octanol–water partition coefficient (Wildman–Crippen LogP) is 1.05. The maximum atomic E-state index is 9.65. The summed E-state index contributed by atoms with van der Waals surface area (Å²) >= 11 is 5.80. The molecule has 4 nitrogen and oxygen atoms in total. The highest BCUT2D eigenvalue weighted by Crippen LogP contribution is 2.38. The first-order valence-electron chi connectivity index (χ1n) is 4.05. The van der Waals surface area contributed by atoms with Crippen LogP contribution >= 0.6 is 11.6 Å². The molecule has 0 aliphatic carbocycles. The zero-order valence-corrected chi connectivity index (χ0v) is 8.45. The molecular formula is C9H12ClNO3. The minimum absolute atomic E-state index is 0.0134. The van der Waals surface area contributed by atoms with Gasteiger partial charge in [-0.1, -0.05) is 11.6 Å². The van der Waals surface area contributed by atoms with E-state index in [-0.39, 0.29) is 28.6 Å². The summed E-state index contributed by atoms with van der Waals surface area (Å²) in [7, 11) is 1.42. The average molecular weight is 218 g/mol. The molecule has 78 valence electrons. The lowest BCUT2D eigenvalue weighted by Gasteiger charge is -2.14.